The Morgan fingerprint density at radius 3 is 2.34 bits per heavy atom. The lowest BCUT2D eigenvalue weighted by Crippen LogP contribution is -2.18. The third-order valence-electron chi connectivity index (χ3n) is 5.73. The molecule has 0 aliphatic heterocycles. The second kappa shape index (κ2) is 9.26. The molecule has 35 heavy (non-hydrogen) atoms. The second-order valence-corrected chi connectivity index (χ2v) is 9.95. The van der Waals surface area contributed by atoms with Gasteiger partial charge in [-0.2, -0.15) is 0 Å². The van der Waals surface area contributed by atoms with Crippen LogP contribution in [-0.4, -0.2) is 16.1 Å². The van der Waals surface area contributed by atoms with Gasteiger partial charge in [-0.05, 0) is 54.4 Å². The molecule has 0 bridgehead atoms. The Morgan fingerprint density at radius 1 is 0.971 bits per heavy atom. The van der Waals surface area contributed by atoms with Crippen molar-refractivity contribution in [1.29, 1.82) is 0 Å². The van der Waals surface area contributed by atoms with Crippen LogP contribution in [-0.2, 0) is 4.79 Å². The van der Waals surface area contributed by atoms with Gasteiger partial charge in [-0.15, -0.1) is 23.2 Å². The highest BCUT2D eigenvalue weighted by Gasteiger charge is 2.67. The first-order chi connectivity index (χ1) is 16.4. The van der Waals surface area contributed by atoms with Crippen LogP contribution in [0.5, 0.6) is 0 Å². The molecule has 11 heteroatoms. The van der Waals surface area contributed by atoms with E-state index in [-0.39, 0.29) is 27.8 Å². The van der Waals surface area contributed by atoms with Crippen LogP contribution < -0.4 is 16.4 Å². The third-order valence-corrected chi connectivity index (χ3v) is 7.00. The van der Waals surface area contributed by atoms with Crippen molar-refractivity contribution < 1.29 is 22.8 Å². The number of hydrogen-bond donors (Lipinski definition) is 3. The van der Waals surface area contributed by atoms with Crippen molar-refractivity contribution in [3.05, 3.63) is 87.7 Å². The number of benzene rings is 3. The van der Waals surface area contributed by atoms with Gasteiger partial charge in [0.1, 0.15) is 21.7 Å². The Hall–Kier alpha value is -2.94. The highest BCUT2D eigenvalue weighted by atomic mass is 35.5. The van der Waals surface area contributed by atoms with Gasteiger partial charge in [0.05, 0.1) is 22.2 Å². The first kappa shape index (κ1) is 25.2. The average Bonchev–Trinajstić information content (AvgIpc) is 3.39. The van der Waals surface area contributed by atoms with Crippen molar-refractivity contribution in [2.75, 3.05) is 16.4 Å². The van der Waals surface area contributed by atoms with E-state index in [0.717, 1.165) is 12.1 Å². The minimum atomic E-state index is -1.40. The summed E-state index contributed by atoms with van der Waals surface area (Å²) in [7, 11) is 0. The van der Waals surface area contributed by atoms with Gasteiger partial charge in [-0.3, -0.25) is 9.59 Å². The molecule has 3 aromatic carbocycles. The largest absolute Gasteiger partial charge is 0.394 e. The van der Waals surface area contributed by atoms with E-state index in [1.807, 2.05) is 0 Å². The molecular weight excluding hydrogens is 526 g/mol. The molecule has 0 spiro atoms. The molecule has 2 amide bonds. The summed E-state index contributed by atoms with van der Waals surface area (Å²) in [5, 5.41) is 4.93. The number of carbonyl (C=O) groups excluding carboxylic acids is 2. The Morgan fingerprint density at radius 2 is 1.66 bits per heavy atom. The predicted molar refractivity (Wildman–Crippen MR) is 131 cm³/mol. The zero-order chi connectivity index (χ0) is 25.7. The molecule has 1 aliphatic carbocycles. The maximum Gasteiger partial charge on any atom is 0.257 e. The molecule has 3 aromatic rings. The molecule has 182 valence electrons. The van der Waals surface area contributed by atoms with Gasteiger partial charge < -0.3 is 16.4 Å². The van der Waals surface area contributed by atoms with Crippen LogP contribution in [0.25, 0.3) is 0 Å². The molecule has 0 radical (unpaired) electrons. The van der Waals surface area contributed by atoms with E-state index in [1.54, 1.807) is 13.0 Å². The molecule has 1 aliphatic rings. The van der Waals surface area contributed by atoms with E-state index in [2.05, 4.69) is 10.6 Å². The zero-order valence-corrected chi connectivity index (χ0v) is 20.2. The van der Waals surface area contributed by atoms with Gasteiger partial charge in [-0.1, -0.05) is 23.7 Å². The lowest BCUT2D eigenvalue weighted by molar-refractivity contribution is -0.117. The fourth-order valence-corrected chi connectivity index (χ4v) is 4.81. The Kier molecular flexibility index (Phi) is 6.66. The van der Waals surface area contributed by atoms with Crippen LogP contribution in [0.15, 0.2) is 48.5 Å². The number of amides is 2. The summed E-state index contributed by atoms with van der Waals surface area (Å²) in [6.45, 7) is 1.59. The van der Waals surface area contributed by atoms with Gasteiger partial charge >= 0.3 is 0 Å². The molecular formula is C24H17Cl3F3N3O2. The van der Waals surface area contributed by atoms with Crippen LogP contribution in [0.1, 0.15) is 27.4 Å². The van der Waals surface area contributed by atoms with Crippen molar-refractivity contribution in [3.8, 4) is 0 Å². The van der Waals surface area contributed by atoms with Crippen molar-refractivity contribution in [3.63, 3.8) is 0 Å². The van der Waals surface area contributed by atoms with Crippen molar-refractivity contribution >= 4 is 63.7 Å². The average molecular weight is 543 g/mol. The van der Waals surface area contributed by atoms with E-state index in [0.29, 0.717) is 11.1 Å². The summed E-state index contributed by atoms with van der Waals surface area (Å²) < 4.78 is 39.8. The summed E-state index contributed by atoms with van der Waals surface area (Å²) in [4.78, 5) is 25.6. The van der Waals surface area contributed by atoms with Crippen LogP contribution in [0.2, 0.25) is 5.02 Å². The number of rotatable bonds is 5. The van der Waals surface area contributed by atoms with E-state index in [1.165, 1.54) is 30.3 Å². The molecule has 0 saturated heterocycles. The van der Waals surface area contributed by atoms with Gasteiger partial charge in [0, 0.05) is 11.6 Å². The summed E-state index contributed by atoms with van der Waals surface area (Å²) in [6, 6.07) is 10.4. The fourth-order valence-electron chi connectivity index (χ4n) is 3.78. The molecule has 0 aromatic heterocycles. The van der Waals surface area contributed by atoms with Crippen LogP contribution in [0.4, 0.5) is 30.2 Å². The maximum atomic E-state index is 14.2. The highest BCUT2D eigenvalue weighted by Crippen LogP contribution is 2.65. The van der Waals surface area contributed by atoms with E-state index < -0.39 is 45.3 Å². The van der Waals surface area contributed by atoms with Gasteiger partial charge in [0.2, 0.25) is 5.91 Å². The van der Waals surface area contributed by atoms with Crippen LogP contribution in [0.3, 0.4) is 0 Å². The zero-order valence-electron chi connectivity index (χ0n) is 17.9. The lowest BCUT2D eigenvalue weighted by atomic mass is 10.1. The van der Waals surface area contributed by atoms with Crippen LogP contribution in [0, 0.1) is 30.3 Å². The summed E-state index contributed by atoms with van der Waals surface area (Å²) in [5.74, 6) is -5.21. The van der Waals surface area contributed by atoms with Gasteiger partial charge in [0.25, 0.3) is 5.91 Å². The quantitative estimate of drug-likeness (QED) is 0.257. The number of halogens is 6. The number of anilines is 3. The Bertz CT molecular complexity index is 1370. The predicted octanol–water partition coefficient (Wildman–Crippen LogP) is 6.43. The number of hydrogen-bond acceptors (Lipinski definition) is 3. The molecule has 2 atom stereocenters. The molecule has 1 fully saturated rings. The summed E-state index contributed by atoms with van der Waals surface area (Å²) in [6.07, 6.45) is 0. The standard InChI is InChI=1S/C24H17Cl3F3N3O2/c1-10-8-11(2-5-15(10)28)18-19(24(18,26)27)23(35)32-12-3-4-14(25)13(9-12)22(34)33-17-7-6-16(29)21(31)20(17)30/h2-9,18-19H,31H2,1H3,(H,32,35)(H,33,34). The lowest BCUT2D eigenvalue weighted by Gasteiger charge is -2.11. The molecule has 4 rings (SSSR count). The maximum absolute atomic E-state index is 14.2. The molecule has 5 nitrogen and oxygen atoms in total. The summed E-state index contributed by atoms with van der Waals surface area (Å²) in [5.41, 5.74) is 5.36. The number of nitrogens with one attached hydrogen (secondary N) is 2. The molecule has 2 unspecified atom stereocenters. The monoisotopic (exact) mass is 541 g/mol. The van der Waals surface area contributed by atoms with Crippen LogP contribution >= 0.6 is 34.8 Å². The van der Waals surface area contributed by atoms with E-state index >= 15 is 0 Å². The number of nitrogens with two attached hydrogens (primary N) is 1. The normalized spacial score (nSPS) is 18.1. The third kappa shape index (κ3) is 4.78. The molecule has 0 heterocycles. The summed E-state index contributed by atoms with van der Waals surface area (Å²) >= 11 is 18.8. The number of alkyl halides is 2. The fraction of sp³-hybridized carbons (Fsp3) is 0.167. The highest BCUT2D eigenvalue weighted by molar-refractivity contribution is 6.53. The van der Waals surface area contributed by atoms with Crippen molar-refractivity contribution in [2.45, 2.75) is 17.2 Å². The topological polar surface area (TPSA) is 84.2 Å². The number of nitrogen functional groups attached to an aromatic ring is 1. The van der Waals surface area contributed by atoms with Gasteiger partial charge in [0.15, 0.2) is 5.82 Å². The van der Waals surface area contributed by atoms with Gasteiger partial charge in [-0.25, -0.2) is 13.2 Å². The number of carbonyl (C=O) groups is 2. The SMILES string of the molecule is Cc1cc(C2C(C(=O)Nc3ccc(Cl)c(C(=O)Nc4ccc(F)c(N)c4F)c3)C2(Cl)Cl)ccc1F. The second-order valence-electron chi connectivity index (χ2n) is 8.10. The molecule has 1 saturated carbocycles. The molecule has 4 N–H and O–H groups in total. The van der Waals surface area contributed by atoms with Crippen molar-refractivity contribution in [1.82, 2.24) is 0 Å². The Labute approximate surface area is 213 Å². The minimum Gasteiger partial charge on any atom is -0.394 e. The van der Waals surface area contributed by atoms with E-state index in [4.69, 9.17) is 40.5 Å². The van der Waals surface area contributed by atoms with E-state index in [9.17, 15) is 22.8 Å². The first-order valence-electron chi connectivity index (χ1n) is 10.2. The smallest absolute Gasteiger partial charge is 0.257 e. The van der Waals surface area contributed by atoms with Crippen molar-refractivity contribution in [2.24, 2.45) is 5.92 Å². The Balaban J connectivity index is 1.52. The number of aryl methyl sites for hydroxylation is 1. The minimum absolute atomic E-state index is 0.0195. The first-order valence-corrected chi connectivity index (χ1v) is 11.3.